The molecule has 4 aromatic rings. The molecule has 12 nitrogen and oxygen atoms in total. The highest BCUT2D eigenvalue weighted by atomic mass is 16.5. The Kier molecular flexibility index (Phi) is 16.5. The minimum atomic E-state index is -1.36. The van der Waals surface area contributed by atoms with Crippen LogP contribution in [0.4, 0.5) is 22.7 Å². The number of anilines is 4. The molecule has 4 aromatic carbocycles. The van der Waals surface area contributed by atoms with E-state index in [1.54, 1.807) is 0 Å². The fourth-order valence-electron chi connectivity index (χ4n) is 9.35. The van der Waals surface area contributed by atoms with Crippen molar-refractivity contribution in [3.63, 3.8) is 0 Å². The van der Waals surface area contributed by atoms with Crippen molar-refractivity contribution in [2.24, 2.45) is 0 Å². The zero-order valence-electron chi connectivity index (χ0n) is 39.1. The molecule has 7 rings (SSSR count). The van der Waals surface area contributed by atoms with Gasteiger partial charge in [0.1, 0.15) is 25.4 Å². The molecule has 2 aliphatic heterocycles. The molecule has 2 unspecified atom stereocenters. The predicted molar refractivity (Wildman–Crippen MR) is 258 cm³/mol. The van der Waals surface area contributed by atoms with Crippen LogP contribution < -0.4 is 31.5 Å². The van der Waals surface area contributed by atoms with Gasteiger partial charge in [-0.15, -0.1) is 12.2 Å². The van der Waals surface area contributed by atoms with Crippen LogP contribution in [0, 0.1) is 24.1 Å². The summed E-state index contributed by atoms with van der Waals surface area (Å²) in [6.07, 6.45) is 13.9. The lowest BCUT2D eigenvalue weighted by Crippen LogP contribution is -2.64. The first kappa shape index (κ1) is 48.1. The van der Waals surface area contributed by atoms with Crippen LogP contribution in [0.1, 0.15) is 141 Å². The Balaban J connectivity index is 1.22. The number of nitrogens with one attached hydrogen (secondary N) is 4. The van der Waals surface area contributed by atoms with E-state index in [4.69, 9.17) is 18.9 Å². The number of unbranched alkanes of at least 4 members (excludes halogenated alkanes) is 8. The Labute approximate surface area is 390 Å². The van der Waals surface area contributed by atoms with Gasteiger partial charge in [0, 0.05) is 22.1 Å². The van der Waals surface area contributed by atoms with Crippen LogP contribution in [0.2, 0.25) is 0 Å². The summed E-state index contributed by atoms with van der Waals surface area (Å²) in [7, 11) is 0. The summed E-state index contributed by atoms with van der Waals surface area (Å²) in [5.41, 5.74) is 0.998. The Hall–Kier alpha value is -5.82. The van der Waals surface area contributed by atoms with E-state index < -0.39 is 47.3 Å². The molecule has 0 amide bonds. The number of rotatable bonds is 22. The maximum Gasteiger partial charge on any atom is 0.311 e. The Morgan fingerprint density at radius 3 is 1.32 bits per heavy atom. The largest absolute Gasteiger partial charge is 0.851 e. The van der Waals surface area contributed by atoms with Gasteiger partial charge >= 0.3 is 11.9 Å². The number of carbonyl (C=O) groups is 2. The number of esters is 2. The third-order valence-corrected chi connectivity index (χ3v) is 12.9. The minimum Gasteiger partial charge on any atom is -0.851 e. The average Bonchev–Trinajstić information content (AvgIpc) is 3.30. The van der Waals surface area contributed by atoms with Gasteiger partial charge in [0.15, 0.2) is 11.3 Å². The topological polar surface area (TPSA) is 165 Å². The zero-order valence-corrected chi connectivity index (χ0v) is 39.1. The predicted octanol–water partition coefficient (Wildman–Crippen LogP) is 8.98. The molecular weight excluding hydrogens is 833 g/mol. The second-order valence-corrected chi connectivity index (χ2v) is 17.9. The molecular formula is C54H66N4O8-2. The molecule has 4 N–H and O–H groups in total. The lowest BCUT2D eigenvalue weighted by molar-refractivity contribution is -0.535. The SMILES string of the molecule is CCCCCOC#CC1(CC(=O)OCCCCC)Nc2cccc3ccc(C4C([O-])C(c5ccc6cccc7c6c5NC(C#COCCCCC)(CC(=O)OCCCCC)N7)C4[O-])c(c23)N1. The summed E-state index contributed by atoms with van der Waals surface area (Å²) >= 11 is 0. The van der Waals surface area contributed by atoms with Crippen molar-refractivity contribution in [2.75, 3.05) is 47.7 Å². The highest BCUT2D eigenvalue weighted by Gasteiger charge is 2.45. The monoisotopic (exact) mass is 898 g/mol. The van der Waals surface area contributed by atoms with E-state index in [9.17, 15) is 19.8 Å². The molecule has 1 fully saturated rings. The van der Waals surface area contributed by atoms with Gasteiger partial charge in [0.25, 0.3) is 0 Å². The molecule has 2 atom stereocenters. The van der Waals surface area contributed by atoms with Gasteiger partial charge in [-0.3, -0.25) is 9.59 Å². The zero-order chi connectivity index (χ0) is 46.5. The molecule has 0 radical (unpaired) electrons. The Morgan fingerprint density at radius 1 is 0.530 bits per heavy atom. The summed E-state index contributed by atoms with van der Waals surface area (Å²) in [5.74, 6) is 3.60. The van der Waals surface area contributed by atoms with E-state index in [1.165, 1.54) is 0 Å². The number of hydrogen-bond acceptors (Lipinski definition) is 12. The fraction of sp³-hybridized carbons (Fsp3) is 0.519. The van der Waals surface area contributed by atoms with E-state index in [2.05, 4.69) is 73.0 Å². The number of carbonyl (C=O) groups excluding carboxylic acids is 2. The first-order chi connectivity index (χ1) is 32.2. The van der Waals surface area contributed by atoms with Crippen LogP contribution in [0.3, 0.4) is 0 Å². The van der Waals surface area contributed by atoms with Crippen molar-refractivity contribution >= 4 is 56.2 Å². The summed E-state index contributed by atoms with van der Waals surface area (Å²) in [4.78, 5) is 27.0. The average molecular weight is 899 g/mol. The van der Waals surface area contributed by atoms with E-state index in [0.29, 0.717) is 60.3 Å². The van der Waals surface area contributed by atoms with Gasteiger partial charge < -0.3 is 50.4 Å². The van der Waals surface area contributed by atoms with E-state index in [-0.39, 0.29) is 12.8 Å². The lowest BCUT2D eigenvalue weighted by Gasteiger charge is -2.62. The van der Waals surface area contributed by atoms with Crippen LogP contribution in [-0.2, 0) is 28.5 Å². The molecule has 1 aliphatic carbocycles. The van der Waals surface area contributed by atoms with Crippen molar-refractivity contribution in [2.45, 2.75) is 153 Å². The number of benzene rings is 4. The van der Waals surface area contributed by atoms with Crippen LogP contribution in [0.15, 0.2) is 60.7 Å². The maximum atomic E-state index is 15.0. The van der Waals surface area contributed by atoms with Gasteiger partial charge in [0.2, 0.25) is 0 Å². The van der Waals surface area contributed by atoms with Gasteiger partial charge in [0.05, 0.1) is 37.4 Å². The quantitative estimate of drug-likeness (QED) is 0.0337. The summed E-state index contributed by atoms with van der Waals surface area (Å²) in [5, 5.41) is 47.4. The molecule has 66 heavy (non-hydrogen) atoms. The van der Waals surface area contributed by atoms with Crippen LogP contribution in [-0.4, -0.2) is 61.9 Å². The van der Waals surface area contributed by atoms with E-state index >= 15 is 0 Å². The standard InChI is InChI=1S/C54H66N4O8/c1-5-9-13-29-63-33-27-53(35-43(59)65-31-15-11-7-3)55-41-21-17-19-37-23-25-39(49(57-53)45(37)41)47-51(61)48(52(47)62)40-26-24-38-20-18-22-42-46(38)50(40)58-54(56-42,28-34-64-30-14-10-6-2)36-44(60)66-32-16-12-8-4/h17-26,47-48,51-52,55-58H,5-16,29-32,35-36H2,1-4H3/q-2. The van der Waals surface area contributed by atoms with Gasteiger partial charge in [-0.05, 0) is 83.4 Å². The highest BCUT2D eigenvalue weighted by molar-refractivity contribution is 6.09. The molecule has 2 heterocycles. The van der Waals surface area contributed by atoms with Crippen molar-refractivity contribution < 1.29 is 38.7 Å². The molecule has 0 saturated heterocycles. The van der Waals surface area contributed by atoms with E-state index in [1.807, 2.05) is 60.7 Å². The van der Waals surface area contributed by atoms with Crippen LogP contribution in [0.25, 0.3) is 21.5 Å². The fourth-order valence-corrected chi connectivity index (χ4v) is 9.35. The number of hydrogen-bond donors (Lipinski definition) is 4. The van der Waals surface area contributed by atoms with Crippen molar-refractivity contribution in [3.8, 4) is 24.1 Å². The van der Waals surface area contributed by atoms with Gasteiger partial charge in [-0.2, -0.15) is 0 Å². The summed E-state index contributed by atoms with van der Waals surface area (Å²) in [6, 6.07) is 19.2. The smallest absolute Gasteiger partial charge is 0.311 e. The Morgan fingerprint density at radius 2 is 0.924 bits per heavy atom. The third-order valence-electron chi connectivity index (χ3n) is 12.9. The van der Waals surface area contributed by atoms with Gasteiger partial charge in [-0.1, -0.05) is 128 Å². The minimum absolute atomic E-state index is 0.160. The molecule has 0 bridgehead atoms. The second kappa shape index (κ2) is 22.6. The lowest BCUT2D eigenvalue weighted by atomic mass is 9.62. The molecule has 0 spiro atoms. The second-order valence-electron chi connectivity index (χ2n) is 17.9. The highest BCUT2D eigenvalue weighted by Crippen LogP contribution is 2.54. The molecule has 0 aromatic heterocycles. The first-order valence-electron chi connectivity index (χ1n) is 24.3. The molecule has 3 aliphatic rings. The van der Waals surface area contributed by atoms with Crippen molar-refractivity contribution in [1.82, 2.24) is 0 Å². The Bertz CT molecular complexity index is 2280. The molecule has 352 valence electrons. The molecule has 12 heteroatoms. The first-order valence-corrected chi connectivity index (χ1v) is 24.3. The van der Waals surface area contributed by atoms with Crippen LogP contribution >= 0.6 is 0 Å². The summed E-state index contributed by atoms with van der Waals surface area (Å²) < 4.78 is 22.9. The normalized spacial score (nSPS) is 22.2. The van der Waals surface area contributed by atoms with E-state index in [0.717, 1.165) is 98.6 Å². The van der Waals surface area contributed by atoms with Crippen molar-refractivity contribution in [1.29, 1.82) is 0 Å². The molecule has 1 saturated carbocycles. The van der Waals surface area contributed by atoms with Crippen molar-refractivity contribution in [3.05, 3.63) is 71.8 Å². The van der Waals surface area contributed by atoms with Gasteiger partial charge in [-0.25, -0.2) is 0 Å². The van der Waals surface area contributed by atoms with Crippen LogP contribution in [0.5, 0.6) is 0 Å². The summed E-state index contributed by atoms with van der Waals surface area (Å²) in [6.45, 7) is 9.91. The third kappa shape index (κ3) is 10.9. The maximum absolute atomic E-state index is 15.0. The number of ether oxygens (including phenoxy) is 4.